The third-order valence-electron chi connectivity index (χ3n) is 3.67. The van der Waals surface area contributed by atoms with E-state index in [1.54, 1.807) is 31.2 Å². The quantitative estimate of drug-likeness (QED) is 0.766. The van der Waals surface area contributed by atoms with Gasteiger partial charge in [-0.1, -0.05) is 11.6 Å². The van der Waals surface area contributed by atoms with E-state index < -0.39 is 0 Å². The third-order valence-corrected chi connectivity index (χ3v) is 3.92. The summed E-state index contributed by atoms with van der Waals surface area (Å²) in [5.74, 6) is 0.136. The van der Waals surface area contributed by atoms with E-state index in [-0.39, 0.29) is 17.3 Å². The summed E-state index contributed by atoms with van der Waals surface area (Å²) in [6, 6.07) is 10.4. The number of aryl methyl sites for hydroxylation is 3. The fourth-order valence-corrected chi connectivity index (χ4v) is 2.63. The number of nitrogens with zero attached hydrogens (tertiary/aromatic N) is 5. The first kappa shape index (κ1) is 17.6. The molecule has 7 nitrogen and oxygen atoms in total. The SMILES string of the molecule is Cc1cc(C)nc(-n2nc(C)c(C#N)c2NC(=O)c2ccc(Cl)cc2)n1. The van der Waals surface area contributed by atoms with Crippen LogP contribution in [0.25, 0.3) is 5.95 Å². The van der Waals surface area contributed by atoms with Crippen LogP contribution in [0.3, 0.4) is 0 Å². The molecule has 1 aromatic carbocycles. The Bertz CT molecular complexity index is 1010. The van der Waals surface area contributed by atoms with Gasteiger partial charge in [0.25, 0.3) is 11.9 Å². The van der Waals surface area contributed by atoms with Gasteiger partial charge in [-0.25, -0.2) is 9.97 Å². The molecule has 1 amide bonds. The highest BCUT2D eigenvalue weighted by molar-refractivity contribution is 6.30. The minimum absolute atomic E-state index is 0.231. The van der Waals surface area contributed by atoms with Gasteiger partial charge in [0.05, 0.1) is 5.69 Å². The molecule has 0 fully saturated rings. The third kappa shape index (κ3) is 3.41. The maximum Gasteiger partial charge on any atom is 0.256 e. The molecule has 0 atom stereocenters. The Hall–Kier alpha value is -3.24. The lowest BCUT2D eigenvalue weighted by molar-refractivity contribution is 0.102. The predicted octanol–water partition coefficient (Wildman–Crippen LogP) is 3.36. The summed E-state index contributed by atoms with van der Waals surface area (Å²) in [6.45, 7) is 5.37. The minimum Gasteiger partial charge on any atom is -0.305 e. The van der Waals surface area contributed by atoms with E-state index in [0.29, 0.717) is 22.2 Å². The summed E-state index contributed by atoms with van der Waals surface area (Å²) in [7, 11) is 0. The molecule has 0 radical (unpaired) electrons. The number of benzene rings is 1. The van der Waals surface area contributed by atoms with Crippen molar-refractivity contribution < 1.29 is 4.79 Å². The molecule has 0 saturated carbocycles. The summed E-state index contributed by atoms with van der Waals surface area (Å²) in [5.41, 5.74) is 2.66. The lowest BCUT2D eigenvalue weighted by atomic mass is 10.2. The highest BCUT2D eigenvalue weighted by Crippen LogP contribution is 2.23. The van der Waals surface area contributed by atoms with Crippen molar-refractivity contribution in [3.63, 3.8) is 0 Å². The molecule has 0 saturated heterocycles. The van der Waals surface area contributed by atoms with Crippen LogP contribution in [0.1, 0.15) is 33.0 Å². The van der Waals surface area contributed by atoms with Gasteiger partial charge in [0.15, 0.2) is 5.82 Å². The van der Waals surface area contributed by atoms with Gasteiger partial charge in [0, 0.05) is 22.0 Å². The van der Waals surface area contributed by atoms with E-state index in [2.05, 4.69) is 26.5 Å². The number of nitrogens with one attached hydrogen (secondary N) is 1. The minimum atomic E-state index is -0.385. The van der Waals surface area contributed by atoms with Crippen molar-refractivity contribution in [1.82, 2.24) is 19.7 Å². The van der Waals surface area contributed by atoms with Crippen LogP contribution in [0.15, 0.2) is 30.3 Å². The van der Waals surface area contributed by atoms with Gasteiger partial charge in [-0.2, -0.15) is 15.0 Å². The lowest BCUT2D eigenvalue weighted by Crippen LogP contribution is -2.17. The fraction of sp³-hybridized carbons (Fsp3) is 0.167. The van der Waals surface area contributed by atoms with Crippen LogP contribution in [-0.4, -0.2) is 25.7 Å². The van der Waals surface area contributed by atoms with Crippen molar-refractivity contribution in [3.05, 3.63) is 63.6 Å². The van der Waals surface area contributed by atoms with Crippen molar-refractivity contribution >= 4 is 23.3 Å². The first-order valence-corrected chi connectivity index (χ1v) is 8.16. The molecule has 8 heteroatoms. The van der Waals surface area contributed by atoms with E-state index >= 15 is 0 Å². The van der Waals surface area contributed by atoms with Crippen LogP contribution in [0.5, 0.6) is 0 Å². The lowest BCUT2D eigenvalue weighted by Gasteiger charge is -2.09. The molecular weight excluding hydrogens is 352 g/mol. The Balaban J connectivity index is 2.07. The number of anilines is 1. The first-order chi connectivity index (χ1) is 12.4. The zero-order valence-electron chi connectivity index (χ0n) is 14.4. The summed E-state index contributed by atoms with van der Waals surface area (Å²) in [4.78, 5) is 21.3. The molecule has 3 rings (SSSR count). The van der Waals surface area contributed by atoms with Crippen molar-refractivity contribution in [1.29, 1.82) is 5.26 Å². The molecule has 0 unspecified atom stereocenters. The van der Waals surface area contributed by atoms with Crippen molar-refractivity contribution in [3.8, 4) is 12.0 Å². The van der Waals surface area contributed by atoms with E-state index in [1.807, 2.05) is 19.9 Å². The number of hydrogen-bond donors (Lipinski definition) is 1. The van der Waals surface area contributed by atoms with Gasteiger partial charge in [0.2, 0.25) is 0 Å². The first-order valence-electron chi connectivity index (χ1n) is 7.78. The number of amides is 1. The maximum absolute atomic E-state index is 12.6. The average Bonchev–Trinajstić information content (AvgIpc) is 2.90. The Kier molecular flexibility index (Phi) is 4.69. The number of carbonyl (C=O) groups excluding carboxylic acids is 1. The molecule has 2 heterocycles. The van der Waals surface area contributed by atoms with E-state index in [4.69, 9.17) is 11.6 Å². The predicted molar refractivity (Wildman–Crippen MR) is 97.5 cm³/mol. The van der Waals surface area contributed by atoms with Crippen LogP contribution in [0.2, 0.25) is 5.02 Å². The Morgan fingerprint density at radius 3 is 2.35 bits per heavy atom. The molecule has 26 heavy (non-hydrogen) atoms. The van der Waals surface area contributed by atoms with Crippen LogP contribution in [-0.2, 0) is 0 Å². The zero-order chi connectivity index (χ0) is 18.8. The number of nitriles is 1. The van der Waals surface area contributed by atoms with Gasteiger partial charge in [-0.3, -0.25) is 4.79 Å². The van der Waals surface area contributed by atoms with E-state index in [0.717, 1.165) is 11.4 Å². The van der Waals surface area contributed by atoms with Gasteiger partial charge in [0.1, 0.15) is 11.6 Å². The van der Waals surface area contributed by atoms with Crippen LogP contribution >= 0.6 is 11.6 Å². The second-order valence-corrected chi connectivity index (χ2v) is 6.18. The normalized spacial score (nSPS) is 10.4. The van der Waals surface area contributed by atoms with Gasteiger partial charge >= 0.3 is 0 Å². The number of carbonyl (C=O) groups is 1. The molecular formula is C18H15ClN6O. The monoisotopic (exact) mass is 366 g/mol. The topological polar surface area (TPSA) is 96.5 Å². The molecule has 0 bridgehead atoms. The number of hydrogen-bond acceptors (Lipinski definition) is 5. The molecule has 0 aliphatic carbocycles. The second kappa shape index (κ2) is 6.94. The van der Waals surface area contributed by atoms with Crippen molar-refractivity contribution in [2.45, 2.75) is 20.8 Å². The molecule has 0 spiro atoms. The number of rotatable bonds is 3. The summed E-state index contributed by atoms with van der Waals surface area (Å²) in [5, 5.41) is 17.1. The van der Waals surface area contributed by atoms with E-state index in [1.165, 1.54) is 4.68 Å². The highest BCUT2D eigenvalue weighted by atomic mass is 35.5. The molecule has 3 aromatic rings. The van der Waals surface area contributed by atoms with E-state index in [9.17, 15) is 10.1 Å². The summed E-state index contributed by atoms with van der Waals surface area (Å²) < 4.78 is 1.38. The van der Waals surface area contributed by atoms with Crippen molar-refractivity contribution in [2.75, 3.05) is 5.32 Å². The van der Waals surface area contributed by atoms with Gasteiger partial charge < -0.3 is 5.32 Å². The van der Waals surface area contributed by atoms with Crippen LogP contribution in [0.4, 0.5) is 5.82 Å². The largest absolute Gasteiger partial charge is 0.305 e. The average molecular weight is 367 g/mol. The number of halogens is 1. The Morgan fingerprint density at radius 1 is 1.15 bits per heavy atom. The summed E-state index contributed by atoms with van der Waals surface area (Å²) in [6.07, 6.45) is 0. The maximum atomic E-state index is 12.6. The molecule has 130 valence electrons. The fourth-order valence-electron chi connectivity index (χ4n) is 2.50. The Labute approximate surface area is 155 Å². The van der Waals surface area contributed by atoms with Gasteiger partial charge in [-0.15, -0.1) is 0 Å². The number of aromatic nitrogens is 4. The molecule has 0 aliphatic rings. The van der Waals surface area contributed by atoms with Crippen LogP contribution < -0.4 is 5.32 Å². The Morgan fingerprint density at radius 2 is 1.77 bits per heavy atom. The zero-order valence-corrected chi connectivity index (χ0v) is 15.2. The second-order valence-electron chi connectivity index (χ2n) is 5.74. The molecule has 2 aromatic heterocycles. The molecule has 0 aliphatic heterocycles. The highest BCUT2D eigenvalue weighted by Gasteiger charge is 2.21. The summed E-state index contributed by atoms with van der Waals surface area (Å²) >= 11 is 5.86. The van der Waals surface area contributed by atoms with Crippen molar-refractivity contribution in [2.24, 2.45) is 0 Å². The standard InChI is InChI=1S/C18H15ClN6O/c1-10-8-11(2)22-18(21-10)25-16(15(9-20)12(3)24-25)23-17(26)13-4-6-14(19)7-5-13/h4-8H,1-3H3,(H,23,26). The smallest absolute Gasteiger partial charge is 0.256 e. The molecule has 1 N–H and O–H groups in total. The van der Waals surface area contributed by atoms with Crippen LogP contribution in [0, 0.1) is 32.1 Å². The van der Waals surface area contributed by atoms with Gasteiger partial charge in [-0.05, 0) is 51.1 Å².